The van der Waals surface area contributed by atoms with Crippen LogP contribution >= 0.6 is 0 Å². The molecule has 2 aromatic rings. The molecule has 0 aliphatic rings. The minimum absolute atomic E-state index is 0.0629. The molecular weight excluding hydrogens is 266 g/mol. The minimum Gasteiger partial charge on any atom is -0.493 e. The predicted octanol–water partition coefficient (Wildman–Crippen LogP) is 2.66. The molecule has 0 spiro atoms. The SMILES string of the molecule is COc1ccc([C@H](N)CCO)cc1OCc1ccccc1. The first-order valence-corrected chi connectivity index (χ1v) is 6.95. The summed E-state index contributed by atoms with van der Waals surface area (Å²) in [6, 6.07) is 15.3. The number of aliphatic hydroxyl groups excluding tert-OH is 1. The highest BCUT2D eigenvalue weighted by molar-refractivity contribution is 5.44. The predicted molar refractivity (Wildman–Crippen MR) is 82.4 cm³/mol. The Labute approximate surface area is 125 Å². The van der Waals surface area contributed by atoms with E-state index in [0.29, 0.717) is 24.5 Å². The van der Waals surface area contributed by atoms with Crippen LogP contribution in [0.15, 0.2) is 48.5 Å². The van der Waals surface area contributed by atoms with Crippen molar-refractivity contribution in [2.75, 3.05) is 13.7 Å². The zero-order chi connectivity index (χ0) is 15.1. The molecule has 21 heavy (non-hydrogen) atoms. The summed E-state index contributed by atoms with van der Waals surface area (Å²) in [4.78, 5) is 0. The standard InChI is InChI=1S/C17H21NO3/c1-20-16-8-7-14(15(18)9-10-19)11-17(16)21-12-13-5-3-2-4-6-13/h2-8,11,15,19H,9-10,12,18H2,1H3/t15-/m1/s1. The molecule has 0 radical (unpaired) electrons. The van der Waals surface area contributed by atoms with Crippen molar-refractivity contribution in [3.8, 4) is 11.5 Å². The molecule has 0 aliphatic heterocycles. The van der Waals surface area contributed by atoms with Gasteiger partial charge in [-0.25, -0.2) is 0 Å². The van der Waals surface area contributed by atoms with E-state index in [1.165, 1.54) is 0 Å². The third-order valence-electron chi connectivity index (χ3n) is 3.29. The highest BCUT2D eigenvalue weighted by Crippen LogP contribution is 2.31. The molecule has 0 bridgehead atoms. The average Bonchev–Trinajstić information content (AvgIpc) is 2.54. The fourth-order valence-corrected chi connectivity index (χ4v) is 2.08. The Morgan fingerprint density at radius 3 is 2.52 bits per heavy atom. The molecule has 4 heteroatoms. The summed E-state index contributed by atoms with van der Waals surface area (Å²) in [6.07, 6.45) is 0.518. The molecule has 3 N–H and O–H groups in total. The van der Waals surface area contributed by atoms with Crippen molar-refractivity contribution >= 4 is 0 Å². The molecule has 0 aromatic heterocycles. The molecular formula is C17H21NO3. The van der Waals surface area contributed by atoms with Crippen molar-refractivity contribution in [2.24, 2.45) is 5.73 Å². The Balaban J connectivity index is 2.14. The molecule has 0 heterocycles. The molecule has 0 unspecified atom stereocenters. The number of ether oxygens (including phenoxy) is 2. The van der Waals surface area contributed by atoms with Crippen LogP contribution in [0.1, 0.15) is 23.6 Å². The van der Waals surface area contributed by atoms with E-state index in [9.17, 15) is 0 Å². The van der Waals surface area contributed by atoms with Crippen LogP contribution in [-0.4, -0.2) is 18.8 Å². The Bertz CT molecular complexity index is 557. The summed E-state index contributed by atoms with van der Waals surface area (Å²) in [5, 5.41) is 8.98. The number of methoxy groups -OCH3 is 1. The third-order valence-corrected chi connectivity index (χ3v) is 3.29. The molecule has 2 aromatic carbocycles. The Hall–Kier alpha value is -2.04. The second kappa shape index (κ2) is 7.67. The maximum Gasteiger partial charge on any atom is 0.161 e. The molecule has 0 aliphatic carbocycles. The van der Waals surface area contributed by atoms with E-state index in [0.717, 1.165) is 11.1 Å². The summed E-state index contributed by atoms with van der Waals surface area (Å²) in [5.41, 5.74) is 8.03. The number of aliphatic hydroxyl groups is 1. The van der Waals surface area contributed by atoms with Gasteiger partial charge >= 0.3 is 0 Å². The van der Waals surface area contributed by atoms with E-state index < -0.39 is 0 Å². The average molecular weight is 287 g/mol. The van der Waals surface area contributed by atoms with E-state index in [2.05, 4.69) is 0 Å². The zero-order valence-electron chi connectivity index (χ0n) is 12.2. The molecule has 2 rings (SSSR count). The van der Waals surface area contributed by atoms with E-state index in [4.69, 9.17) is 20.3 Å². The van der Waals surface area contributed by atoms with Gasteiger partial charge in [0, 0.05) is 12.6 Å². The maximum atomic E-state index is 8.98. The van der Waals surface area contributed by atoms with Gasteiger partial charge in [-0.05, 0) is 29.7 Å². The van der Waals surface area contributed by atoms with Gasteiger partial charge in [-0.15, -0.1) is 0 Å². The van der Waals surface area contributed by atoms with Gasteiger partial charge in [-0.3, -0.25) is 0 Å². The summed E-state index contributed by atoms with van der Waals surface area (Å²) < 4.78 is 11.2. The molecule has 0 saturated carbocycles. The highest BCUT2D eigenvalue weighted by atomic mass is 16.5. The molecule has 0 saturated heterocycles. The van der Waals surface area contributed by atoms with Gasteiger partial charge in [0.25, 0.3) is 0 Å². The monoisotopic (exact) mass is 287 g/mol. The topological polar surface area (TPSA) is 64.7 Å². The van der Waals surface area contributed by atoms with Crippen LogP contribution in [0.5, 0.6) is 11.5 Å². The summed E-state index contributed by atoms with van der Waals surface area (Å²) >= 11 is 0. The fraction of sp³-hybridized carbons (Fsp3) is 0.294. The lowest BCUT2D eigenvalue weighted by Crippen LogP contribution is -2.12. The quantitative estimate of drug-likeness (QED) is 0.821. The van der Waals surface area contributed by atoms with Gasteiger partial charge in [0.15, 0.2) is 11.5 Å². The van der Waals surface area contributed by atoms with Crippen LogP contribution in [0, 0.1) is 0 Å². The number of hydrogen-bond donors (Lipinski definition) is 2. The lowest BCUT2D eigenvalue weighted by molar-refractivity contribution is 0.274. The number of hydrogen-bond acceptors (Lipinski definition) is 4. The molecule has 0 fully saturated rings. The fourth-order valence-electron chi connectivity index (χ4n) is 2.08. The zero-order valence-corrected chi connectivity index (χ0v) is 12.2. The number of nitrogens with two attached hydrogens (primary N) is 1. The van der Waals surface area contributed by atoms with Crippen LogP contribution in [0.3, 0.4) is 0 Å². The summed E-state index contributed by atoms with van der Waals surface area (Å²) in [7, 11) is 1.61. The van der Waals surface area contributed by atoms with E-state index in [-0.39, 0.29) is 12.6 Å². The first-order valence-electron chi connectivity index (χ1n) is 6.95. The van der Waals surface area contributed by atoms with Crippen LogP contribution < -0.4 is 15.2 Å². The van der Waals surface area contributed by atoms with Gasteiger partial charge in [0.05, 0.1) is 7.11 Å². The lowest BCUT2D eigenvalue weighted by Gasteiger charge is -2.15. The summed E-state index contributed by atoms with van der Waals surface area (Å²) in [6.45, 7) is 0.531. The Kier molecular flexibility index (Phi) is 5.60. The van der Waals surface area contributed by atoms with Crippen LogP contribution in [0.2, 0.25) is 0 Å². The molecule has 112 valence electrons. The third kappa shape index (κ3) is 4.21. The lowest BCUT2D eigenvalue weighted by atomic mass is 10.0. The van der Waals surface area contributed by atoms with Crippen molar-refractivity contribution in [2.45, 2.75) is 19.1 Å². The van der Waals surface area contributed by atoms with Crippen molar-refractivity contribution in [3.63, 3.8) is 0 Å². The Morgan fingerprint density at radius 1 is 1.10 bits per heavy atom. The van der Waals surface area contributed by atoms with Crippen molar-refractivity contribution in [1.29, 1.82) is 0 Å². The smallest absolute Gasteiger partial charge is 0.161 e. The number of benzene rings is 2. The first kappa shape index (κ1) is 15.4. The maximum absolute atomic E-state index is 8.98. The van der Waals surface area contributed by atoms with E-state index >= 15 is 0 Å². The van der Waals surface area contributed by atoms with Crippen molar-refractivity contribution in [3.05, 3.63) is 59.7 Å². The van der Waals surface area contributed by atoms with Gasteiger partial charge < -0.3 is 20.3 Å². The van der Waals surface area contributed by atoms with Gasteiger partial charge in [-0.2, -0.15) is 0 Å². The van der Waals surface area contributed by atoms with E-state index in [1.54, 1.807) is 7.11 Å². The second-order valence-electron chi connectivity index (χ2n) is 4.80. The largest absolute Gasteiger partial charge is 0.493 e. The normalized spacial score (nSPS) is 12.0. The van der Waals surface area contributed by atoms with Crippen LogP contribution in [-0.2, 0) is 6.61 Å². The van der Waals surface area contributed by atoms with Crippen molar-refractivity contribution < 1.29 is 14.6 Å². The van der Waals surface area contributed by atoms with E-state index in [1.807, 2.05) is 48.5 Å². The minimum atomic E-state index is -0.208. The van der Waals surface area contributed by atoms with Crippen LogP contribution in [0.25, 0.3) is 0 Å². The second-order valence-corrected chi connectivity index (χ2v) is 4.80. The first-order chi connectivity index (χ1) is 10.2. The number of rotatable bonds is 7. The van der Waals surface area contributed by atoms with Crippen molar-refractivity contribution in [1.82, 2.24) is 0 Å². The molecule has 0 amide bonds. The molecule has 1 atom stereocenters. The van der Waals surface area contributed by atoms with Crippen LogP contribution in [0.4, 0.5) is 0 Å². The summed E-state index contributed by atoms with van der Waals surface area (Å²) in [5.74, 6) is 1.33. The molecule has 4 nitrogen and oxygen atoms in total. The van der Waals surface area contributed by atoms with Gasteiger partial charge in [0.2, 0.25) is 0 Å². The van der Waals surface area contributed by atoms with Gasteiger partial charge in [0.1, 0.15) is 6.61 Å². The Morgan fingerprint density at radius 2 is 1.86 bits per heavy atom. The van der Waals surface area contributed by atoms with Gasteiger partial charge in [-0.1, -0.05) is 36.4 Å². The highest BCUT2D eigenvalue weighted by Gasteiger charge is 2.11.